The minimum atomic E-state index is -0.598. The molecule has 13 heavy (non-hydrogen) atoms. The number of carbonyl (C=O) groups excluding carboxylic acids is 1. The SMILES string of the molecule is COC(C)OC(C)OC(=O)CS.[SbH3]. The number of carbonyl (C=O) groups is 1. The van der Waals surface area contributed by atoms with Crippen LogP contribution >= 0.6 is 12.6 Å². The standard InChI is InChI=1S/C7H14O4S.Sb.3H/c1-5(9-3)10-6(2)11-7(8)4-12;;;;/h5-6,12H,4H2,1-3H3;;;;. The van der Waals surface area contributed by atoms with Crippen LogP contribution in [-0.4, -0.2) is 55.8 Å². The van der Waals surface area contributed by atoms with E-state index in [0.717, 1.165) is 0 Å². The van der Waals surface area contributed by atoms with Gasteiger partial charge in [0.1, 0.15) is 0 Å². The van der Waals surface area contributed by atoms with Crippen LogP contribution in [0, 0.1) is 0 Å². The first-order valence-electron chi connectivity index (χ1n) is 3.58. The van der Waals surface area contributed by atoms with E-state index in [0.29, 0.717) is 0 Å². The Balaban J connectivity index is 0. The third kappa shape index (κ3) is 8.88. The molecule has 0 saturated heterocycles. The summed E-state index contributed by atoms with van der Waals surface area (Å²) in [5.41, 5.74) is 0. The fraction of sp³-hybridized carbons (Fsp3) is 0.857. The molecule has 0 aromatic carbocycles. The molecule has 0 N–H and O–H groups in total. The molecular weight excluding hydrogens is 302 g/mol. The normalized spacial score (nSPS) is 14.2. The summed E-state index contributed by atoms with van der Waals surface area (Å²) >= 11 is 3.74. The topological polar surface area (TPSA) is 44.8 Å². The van der Waals surface area contributed by atoms with Crippen molar-refractivity contribution in [2.75, 3.05) is 12.9 Å². The van der Waals surface area contributed by atoms with Crippen molar-refractivity contribution in [1.29, 1.82) is 0 Å². The van der Waals surface area contributed by atoms with Crippen molar-refractivity contribution in [2.45, 2.75) is 26.4 Å². The zero-order valence-corrected chi connectivity index (χ0v) is 13.1. The molecule has 0 radical (unpaired) electrons. The molecule has 0 aliphatic heterocycles. The van der Waals surface area contributed by atoms with Crippen LogP contribution < -0.4 is 0 Å². The Bertz CT molecular complexity index is 144. The van der Waals surface area contributed by atoms with Crippen molar-refractivity contribution in [2.24, 2.45) is 0 Å². The van der Waals surface area contributed by atoms with Gasteiger partial charge in [0.25, 0.3) is 0 Å². The van der Waals surface area contributed by atoms with Gasteiger partial charge >= 0.3 is 30.4 Å². The third-order valence-electron chi connectivity index (χ3n) is 1.14. The molecule has 0 aliphatic rings. The van der Waals surface area contributed by atoms with Gasteiger partial charge in [0.2, 0.25) is 6.29 Å². The number of methoxy groups -OCH3 is 1. The first-order chi connectivity index (χ1) is 5.60. The van der Waals surface area contributed by atoms with E-state index in [9.17, 15) is 4.79 Å². The van der Waals surface area contributed by atoms with Crippen LogP contribution in [0.1, 0.15) is 13.8 Å². The van der Waals surface area contributed by atoms with E-state index < -0.39 is 12.3 Å². The van der Waals surface area contributed by atoms with Gasteiger partial charge < -0.3 is 14.2 Å². The maximum atomic E-state index is 10.7. The Labute approximate surface area is 101 Å². The average molecular weight is 319 g/mol. The van der Waals surface area contributed by atoms with Crippen LogP contribution in [-0.2, 0) is 19.0 Å². The molecule has 0 heterocycles. The number of hydrogen-bond donors (Lipinski definition) is 1. The molecule has 2 unspecified atom stereocenters. The molecule has 4 nitrogen and oxygen atoms in total. The number of thiol groups is 1. The fourth-order valence-corrected chi connectivity index (χ4v) is 0.650. The quantitative estimate of drug-likeness (QED) is 0.325. The van der Waals surface area contributed by atoms with Crippen molar-refractivity contribution < 1.29 is 19.0 Å². The minimum absolute atomic E-state index is 0. The van der Waals surface area contributed by atoms with Gasteiger partial charge in [-0.05, 0) is 13.8 Å². The summed E-state index contributed by atoms with van der Waals surface area (Å²) in [7, 11) is 1.51. The first kappa shape index (κ1) is 16.0. The zero-order chi connectivity index (χ0) is 9.56. The van der Waals surface area contributed by atoms with Crippen LogP contribution in [0.15, 0.2) is 0 Å². The molecule has 80 valence electrons. The van der Waals surface area contributed by atoms with Gasteiger partial charge in [0.15, 0.2) is 6.29 Å². The number of rotatable bonds is 5. The predicted octanol–water partition coefficient (Wildman–Crippen LogP) is -0.370. The Morgan fingerprint density at radius 3 is 2.31 bits per heavy atom. The Morgan fingerprint density at radius 1 is 1.38 bits per heavy atom. The van der Waals surface area contributed by atoms with Gasteiger partial charge in [-0.15, -0.1) is 0 Å². The summed E-state index contributed by atoms with van der Waals surface area (Å²) in [5.74, 6) is -0.358. The van der Waals surface area contributed by atoms with E-state index in [1.54, 1.807) is 13.8 Å². The Morgan fingerprint density at radius 2 is 1.92 bits per heavy atom. The third-order valence-corrected chi connectivity index (χ3v) is 1.40. The molecule has 0 saturated carbocycles. The summed E-state index contributed by atoms with van der Waals surface area (Å²) in [5, 5.41) is 0. The molecule has 0 spiro atoms. The molecule has 0 amide bonds. The molecule has 0 bridgehead atoms. The predicted molar refractivity (Wildman–Crippen MR) is 56.9 cm³/mol. The van der Waals surface area contributed by atoms with Crippen molar-refractivity contribution >= 4 is 43.0 Å². The summed E-state index contributed by atoms with van der Waals surface area (Å²) in [4.78, 5) is 10.7. The molecule has 0 aliphatic carbocycles. The van der Waals surface area contributed by atoms with E-state index >= 15 is 0 Å². The van der Waals surface area contributed by atoms with E-state index in [1.807, 2.05) is 0 Å². The van der Waals surface area contributed by atoms with Crippen molar-refractivity contribution in [3.8, 4) is 0 Å². The van der Waals surface area contributed by atoms with Gasteiger partial charge in [0.05, 0.1) is 5.75 Å². The summed E-state index contributed by atoms with van der Waals surface area (Å²) in [6.07, 6.45) is -0.979. The van der Waals surface area contributed by atoms with Crippen LogP contribution in [0.4, 0.5) is 0 Å². The molecule has 2 atom stereocenters. The van der Waals surface area contributed by atoms with E-state index in [-0.39, 0.29) is 36.5 Å². The van der Waals surface area contributed by atoms with Crippen LogP contribution in [0.3, 0.4) is 0 Å². The van der Waals surface area contributed by atoms with Gasteiger partial charge in [-0.25, -0.2) is 0 Å². The van der Waals surface area contributed by atoms with Crippen molar-refractivity contribution in [3.63, 3.8) is 0 Å². The van der Waals surface area contributed by atoms with Gasteiger partial charge in [-0.1, -0.05) is 0 Å². The molecule has 0 aromatic rings. The maximum absolute atomic E-state index is 10.7. The van der Waals surface area contributed by atoms with Gasteiger partial charge in [-0.2, -0.15) is 12.6 Å². The van der Waals surface area contributed by atoms with E-state index in [2.05, 4.69) is 12.6 Å². The molecule has 0 rings (SSSR count). The first-order valence-corrected chi connectivity index (χ1v) is 4.22. The van der Waals surface area contributed by atoms with Crippen LogP contribution in [0.2, 0.25) is 0 Å². The average Bonchev–Trinajstić information content (AvgIpc) is 2.03. The van der Waals surface area contributed by atoms with Crippen LogP contribution in [0.25, 0.3) is 0 Å². The monoisotopic (exact) mass is 318 g/mol. The van der Waals surface area contributed by atoms with Crippen LogP contribution in [0.5, 0.6) is 0 Å². The second-order valence-electron chi connectivity index (χ2n) is 2.16. The van der Waals surface area contributed by atoms with Gasteiger partial charge in [0, 0.05) is 7.11 Å². The zero-order valence-electron chi connectivity index (χ0n) is 8.15. The second-order valence-corrected chi connectivity index (χ2v) is 2.47. The molecule has 6 heteroatoms. The Kier molecular flexibility index (Phi) is 11.2. The molecule has 0 aromatic heterocycles. The summed E-state index contributed by atoms with van der Waals surface area (Å²) in [6, 6.07) is 0. The fourth-order valence-electron chi connectivity index (χ4n) is 0.576. The Hall–Kier alpha value is 0.558. The number of ether oxygens (including phenoxy) is 3. The van der Waals surface area contributed by atoms with Gasteiger partial charge in [-0.3, -0.25) is 4.79 Å². The van der Waals surface area contributed by atoms with E-state index in [1.165, 1.54) is 7.11 Å². The van der Waals surface area contributed by atoms with Crippen molar-refractivity contribution in [1.82, 2.24) is 0 Å². The number of esters is 1. The second kappa shape index (κ2) is 9.13. The summed E-state index contributed by atoms with van der Waals surface area (Å²) < 4.78 is 14.6. The molecular formula is C7H17O4SSb. The molecule has 0 fully saturated rings. The summed E-state index contributed by atoms with van der Waals surface area (Å²) in [6.45, 7) is 3.34. The van der Waals surface area contributed by atoms with E-state index in [4.69, 9.17) is 14.2 Å². The van der Waals surface area contributed by atoms with Crippen molar-refractivity contribution in [3.05, 3.63) is 0 Å². The number of hydrogen-bond acceptors (Lipinski definition) is 5.